The Bertz CT molecular complexity index is 1000. The molecule has 0 radical (unpaired) electrons. The average molecular weight is 405 g/mol. The van der Waals surface area contributed by atoms with E-state index in [1.165, 1.54) is 11.1 Å². The van der Waals surface area contributed by atoms with Crippen LogP contribution in [0.2, 0.25) is 0 Å². The van der Waals surface area contributed by atoms with Gasteiger partial charge in [-0.15, -0.1) is 0 Å². The number of piperazine rings is 1. The Hall–Kier alpha value is -2.86. The Kier molecular flexibility index (Phi) is 5.81. The summed E-state index contributed by atoms with van der Waals surface area (Å²) in [6.45, 7) is 7.10. The van der Waals surface area contributed by atoms with Crippen molar-refractivity contribution in [3.05, 3.63) is 77.6 Å². The van der Waals surface area contributed by atoms with E-state index in [1.54, 1.807) is 24.2 Å². The van der Waals surface area contributed by atoms with E-state index in [0.29, 0.717) is 18.7 Å². The van der Waals surface area contributed by atoms with E-state index in [1.807, 2.05) is 35.2 Å². The van der Waals surface area contributed by atoms with Gasteiger partial charge in [0.05, 0.1) is 5.56 Å². The minimum absolute atomic E-state index is 0.0473. The lowest BCUT2D eigenvalue weighted by Gasteiger charge is -2.35. The fourth-order valence-electron chi connectivity index (χ4n) is 3.50. The first kappa shape index (κ1) is 19.5. The molecule has 148 valence electrons. The van der Waals surface area contributed by atoms with E-state index in [0.717, 1.165) is 28.8 Å². The predicted octanol–water partition coefficient (Wildman–Crippen LogP) is 4.21. The standard InChI is InChI=1S/C23H24N4OS/c1-17-8-9-20(18(2)16-17)29-22-19(6-5-11-25-22)23(28)27-14-12-26(13-15-27)21-7-3-4-10-24-21/h3-11,16H,12-15H2,1-2H3. The molecule has 1 aromatic carbocycles. The predicted molar refractivity (Wildman–Crippen MR) is 117 cm³/mol. The van der Waals surface area contributed by atoms with Crippen molar-refractivity contribution in [2.45, 2.75) is 23.8 Å². The third-order valence-electron chi connectivity index (χ3n) is 5.08. The second-order valence-corrected chi connectivity index (χ2v) is 8.22. The number of hydrogen-bond acceptors (Lipinski definition) is 5. The van der Waals surface area contributed by atoms with Crippen molar-refractivity contribution in [2.75, 3.05) is 31.1 Å². The maximum Gasteiger partial charge on any atom is 0.256 e. The first-order chi connectivity index (χ1) is 14.1. The Morgan fingerprint density at radius 2 is 1.72 bits per heavy atom. The lowest BCUT2D eigenvalue weighted by Crippen LogP contribution is -2.49. The van der Waals surface area contributed by atoms with Gasteiger partial charge < -0.3 is 9.80 Å². The molecule has 1 aliphatic heterocycles. The zero-order valence-corrected chi connectivity index (χ0v) is 17.5. The molecule has 3 aromatic rings. The van der Waals surface area contributed by atoms with Gasteiger partial charge in [-0.05, 0) is 49.7 Å². The van der Waals surface area contributed by atoms with Gasteiger partial charge in [-0.3, -0.25) is 4.79 Å². The number of amides is 1. The molecule has 6 heteroatoms. The van der Waals surface area contributed by atoms with Crippen molar-refractivity contribution in [3.8, 4) is 0 Å². The Morgan fingerprint density at radius 3 is 2.45 bits per heavy atom. The van der Waals surface area contributed by atoms with E-state index in [-0.39, 0.29) is 5.91 Å². The summed E-state index contributed by atoms with van der Waals surface area (Å²) >= 11 is 1.56. The number of aryl methyl sites for hydroxylation is 2. The second-order valence-electron chi connectivity index (χ2n) is 7.19. The quantitative estimate of drug-likeness (QED) is 0.652. The van der Waals surface area contributed by atoms with Crippen LogP contribution in [0, 0.1) is 13.8 Å². The summed E-state index contributed by atoms with van der Waals surface area (Å²) < 4.78 is 0. The molecule has 0 atom stereocenters. The van der Waals surface area contributed by atoms with Crippen LogP contribution in [0.5, 0.6) is 0 Å². The van der Waals surface area contributed by atoms with Crippen molar-refractivity contribution in [2.24, 2.45) is 0 Å². The van der Waals surface area contributed by atoms with Crippen molar-refractivity contribution in [3.63, 3.8) is 0 Å². The molecule has 0 saturated carbocycles. The van der Waals surface area contributed by atoms with Gasteiger partial charge in [0.2, 0.25) is 0 Å². The van der Waals surface area contributed by atoms with Gasteiger partial charge in [0.1, 0.15) is 10.8 Å². The molecule has 1 aliphatic rings. The van der Waals surface area contributed by atoms with Crippen LogP contribution in [0.25, 0.3) is 0 Å². The third kappa shape index (κ3) is 4.43. The summed E-state index contributed by atoms with van der Waals surface area (Å²) in [7, 11) is 0. The van der Waals surface area contributed by atoms with E-state index in [2.05, 4.69) is 46.9 Å². The highest BCUT2D eigenvalue weighted by molar-refractivity contribution is 7.99. The fraction of sp³-hybridized carbons (Fsp3) is 0.261. The number of hydrogen-bond donors (Lipinski definition) is 0. The summed E-state index contributed by atoms with van der Waals surface area (Å²) in [4.78, 5) is 27.4. The van der Waals surface area contributed by atoms with Crippen LogP contribution in [-0.4, -0.2) is 47.0 Å². The molecule has 3 heterocycles. The highest BCUT2D eigenvalue weighted by Gasteiger charge is 2.25. The van der Waals surface area contributed by atoms with Gasteiger partial charge in [0.15, 0.2) is 0 Å². The molecular formula is C23H24N4OS. The normalized spacial score (nSPS) is 14.1. The number of benzene rings is 1. The van der Waals surface area contributed by atoms with Gasteiger partial charge in [-0.25, -0.2) is 9.97 Å². The third-order valence-corrected chi connectivity index (χ3v) is 6.28. The minimum atomic E-state index is 0.0473. The van der Waals surface area contributed by atoms with Crippen molar-refractivity contribution >= 4 is 23.5 Å². The van der Waals surface area contributed by atoms with E-state index in [9.17, 15) is 4.79 Å². The van der Waals surface area contributed by atoms with Crippen LogP contribution < -0.4 is 4.90 Å². The smallest absolute Gasteiger partial charge is 0.256 e. The molecule has 4 rings (SSSR count). The Balaban J connectivity index is 1.48. The van der Waals surface area contributed by atoms with Gasteiger partial charge in [0.25, 0.3) is 5.91 Å². The monoisotopic (exact) mass is 404 g/mol. The van der Waals surface area contributed by atoms with Crippen LogP contribution >= 0.6 is 11.8 Å². The summed E-state index contributed by atoms with van der Waals surface area (Å²) in [6, 6.07) is 16.0. The molecule has 0 bridgehead atoms. The second kappa shape index (κ2) is 8.66. The minimum Gasteiger partial charge on any atom is -0.353 e. The summed E-state index contributed by atoms with van der Waals surface area (Å²) in [5.74, 6) is 1.01. The van der Waals surface area contributed by atoms with Crippen LogP contribution in [0.3, 0.4) is 0 Å². The molecule has 1 amide bonds. The van der Waals surface area contributed by atoms with Crippen LogP contribution in [0.1, 0.15) is 21.5 Å². The van der Waals surface area contributed by atoms with Crippen molar-refractivity contribution in [1.29, 1.82) is 0 Å². The maximum absolute atomic E-state index is 13.2. The molecule has 1 saturated heterocycles. The van der Waals surface area contributed by atoms with E-state index in [4.69, 9.17) is 0 Å². The average Bonchev–Trinajstić information content (AvgIpc) is 2.76. The highest BCUT2D eigenvalue weighted by atomic mass is 32.2. The van der Waals surface area contributed by atoms with Crippen LogP contribution in [0.15, 0.2) is 70.8 Å². The maximum atomic E-state index is 13.2. The summed E-state index contributed by atoms with van der Waals surface area (Å²) in [5, 5.41) is 0.761. The summed E-state index contributed by atoms with van der Waals surface area (Å²) in [6.07, 6.45) is 3.56. The van der Waals surface area contributed by atoms with Gasteiger partial charge >= 0.3 is 0 Å². The van der Waals surface area contributed by atoms with E-state index >= 15 is 0 Å². The van der Waals surface area contributed by atoms with Crippen LogP contribution in [-0.2, 0) is 0 Å². The number of anilines is 1. The van der Waals surface area contributed by atoms with Gasteiger partial charge in [0, 0.05) is 43.5 Å². The first-order valence-corrected chi connectivity index (χ1v) is 10.6. The zero-order valence-electron chi connectivity index (χ0n) is 16.7. The largest absolute Gasteiger partial charge is 0.353 e. The molecule has 29 heavy (non-hydrogen) atoms. The molecule has 0 spiro atoms. The summed E-state index contributed by atoms with van der Waals surface area (Å²) in [5.41, 5.74) is 3.10. The van der Waals surface area contributed by atoms with E-state index < -0.39 is 0 Å². The molecular weight excluding hydrogens is 380 g/mol. The zero-order chi connectivity index (χ0) is 20.2. The van der Waals surface area contributed by atoms with Crippen molar-refractivity contribution in [1.82, 2.24) is 14.9 Å². The number of carbonyl (C=O) groups is 1. The van der Waals surface area contributed by atoms with Crippen molar-refractivity contribution < 1.29 is 4.79 Å². The fourth-order valence-corrected chi connectivity index (χ4v) is 4.45. The number of pyridine rings is 2. The Morgan fingerprint density at radius 1 is 0.931 bits per heavy atom. The number of rotatable bonds is 4. The molecule has 5 nitrogen and oxygen atoms in total. The number of carbonyl (C=O) groups excluding carboxylic acids is 1. The number of aromatic nitrogens is 2. The topological polar surface area (TPSA) is 49.3 Å². The lowest BCUT2D eigenvalue weighted by atomic mass is 10.2. The molecule has 2 aromatic heterocycles. The Labute approximate surface area is 175 Å². The molecule has 0 unspecified atom stereocenters. The van der Waals surface area contributed by atoms with Gasteiger partial charge in [-0.2, -0.15) is 0 Å². The highest BCUT2D eigenvalue weighted by Crippen LogP contribution is 2.32. The first-order valence-electron chi connectivity index (χ1n) is 9.77. The number of nitrogens with zero attached hydrogens (tertiary/aromatic N) is 4. The molecule has 0 aliphatic carbocycles. The molecule has 1 fully saturated rings. The molecule has 0 N–H and O–H groups in total. The lowest BCUT2D eigenvalue weighted by molar-refractivity contribution is 0.0742. The van der Waals surface area contributed by atoms with Crippen LogP contribution in [0.4, 0.5) is 5.82 Å². The SMILES string of the molecule is Cc1ccc(Sc2ncccc2C(=O)N2CCN(c3ccccn3)CC2)c(C)c1. The van der Waals surface area contributed by atoms with Gasteiger partial charge in [-0.1, -0.05) is 35.5 Å².